The average molecular weight is 354 g/mol. The van der Waals surface area contributed by atoms with Crippen molar-refractivity contribution in [1.29, 1.82) is 0 Å². The predicted molar refractivity (Wildman–Crippen MR) is 113 cm³/mol. The summed E-state index contributed by atoms with van der Waals surface area (Å²) in [5.41, 5.74) is 0. The maximum absolute atomic E-state index is 10.6. The maximum atomic E-state index is 10.6. The van der Waals surface area contributed by atoms with Crippen LogP contribution in [-0.4, -0.2) is 6.04 Å². The molecule has 25 heavy (non-hydrogen) atoms. The van der Waals surface area contributed by atoms with Crippen molar-refractivity contribution in [3.63, 3.8) is 0 Å². The molecule has 0 aromatic heterocycles. The molecule has 0 aliphatic carbocycles. The van der Waals surface area contributed by atoms with Gasteiger partial charge in [0.25, 0.3) is 0 Å². The monoisotopic (exact) mass is 353 g/mol. The van der Waals surface area contributed by atoms with Gasteiger partial charge in [-0.1, -0.05) is 135 Å². The van der Waals surface area contributed by atoms with E-state index in [4.69, 9.17) is 0 Å². The van der Waals surface area contributed by atoms with Crippen LogP contribution >= 0.6 is 0 Å². The molecule has 0 aromatic rings. The molecule has 0 radical (unpaired) electrons. The summed E-state index contributed by atoms with van der Waals surface area (Å²) in [6, 6.07) is 0.0846. The van der Waals surface area contributed by atoms with Crippen molar-refractivity contribution < 1.29 is 0 Å². The van der Waals surface area contributed by atoms with Gasteiger partial charge in [0.1, 0.15) is 0 Å². The summed E-state index contributed by atoms with van der Waals surface area (Å²) in [6.07, 6.45) is 26.9. The van der Waals surface area contributed by atoms with Crippen molar-refractivity contribution in [3.05, 3.63) is 4.91 Å². The highest BCUT2D eigenvalue weighted by molar-refractivity contribution is 4.64. The molecule has 0 aliphatic rings. The van der Waals surface area contributed by atoms with E-state index in [1.807, 2.05) is 0 Å². The van der Waals surface area contributed by atoms with Crippen LogP contribution in [0, 0.1) is 4.91 Å². The van der Waals surface area contributed by atoms with Gasteiger partial charge in [-0.15, -0.1) is 0 Å². The number of hydrogen-bond acceptors (Lipinski definition) is 2. The van der Waals surface area contributed by atoms with Crippen LogP contribution in [0.1, 0.15) is 142 Å². The summed E-state index contributed by atoms with van der Waals surface area (Å²) in [7, 11) is 0. The Morgan fingerprint density at radius 3 is 1.16 bits per heavy atom. The highest BCUT2D eigenvalue weighted by Crippen LogP contribution is 2.16. The van der Waals surface area contributed by atoms with Crippen molar-refractivity contribution in [2.45, 2.75) is 148 Å². The van der Waals surface area contributed by atoms with Gasteiger partial charge in [-0.3, -0.25) is 0 Å². The van der Waals surface area contributed by atoms with Crippen molar-refractivity contribution in [1.82, 2.24) is 0 Å². The van der Waals surface area contributed by atoms with Gasteiger partial charge < -0.3 is 0 Å². The van der Waals surface area contributed by atoms with E-state index in [1.54, 1.807) is 0 Å². The van der Waals surface area contributed by atoms with E-state index >= 15 is 0 Å². The molecule has 0 bridgehead atoms. The number of nitrogens with zero attached hydrogens (tertiary/aromatic N) is 1. The van der Waals surface area contributed by atoms with Crippen LogP contribution in [0.5, 0.6) is 0 Å². The predicted octanol–water partition coefficient (Wildman–Crippen LogP) is 8.96. The molecule has 0 amide bonds. The third kappa shape index (κ3) is 19.8. The summed E-state index contributed by atoms with van der Waals surface area (Å²) in [5.74, 6) is 0. The summed E-state index contributed by atoms with van der Waals surface area (Å²) < 4.78 is 0. The Morgan fingerprint density at radius 2 is 0.840 bits per heavy atom. The molecule has 1 unspecified atom stereocenters. The lowest BCUT2D eigenvalue weighted by Crippen LogP contribution is -2.02. The van der Waals surface area contributed by atoms with E-state index in [2.05, 4.69) is 19.0 Å². The van der Waals surface area contributed by atoms with Crippen LogP contribution < -0.4 is 0 Å². The van der Waals surface area contributed by atoms with Crippen molar-refractivity contribution in [3.8, 4) is 0 Å². The fraction of sp³-hybridized carbons (Fsp3) is 1.00. The van der Waals surface area contributed by atoms with Gasteiger partial charge in [-0.25, -0.2) is 0 Å². The first-order chi connectivity index (χ1) is 12.3. The Morgan fingerprint density at radius 1 is 0.480 bits per heavy atom. The topological polar surface area (TPSA) is 29.4 Å². The molecule has 0 saturated heterocycles. The van der Waals surface area contributed by atoms with Gasteiger partial charge >= 0.3 is 0 Å². The molecule has 0 heterocycles. The Hall–Kier alpha value is -0.400. The molecule has 1 atom stereocenters. The first-order valence-electron chi connectivity index (χ1n) is 11.7. The molecule has 150 valence electrons. The second-order valence-corrected chi connectivity index (χ2v) is 7.99. The Kier molecular flexibility index (Phi) is 21.3. The highest BCUT2D eigenvalue weighted by atomic mass is 16.3. The quantitative estimate of drug-likeness (QED) is 0.149. The summed E-state index contributed by atoms with van der Waals surface area (Å²) in [4.78, 5) is 10.6. The second kappa shape index (κ2) is 21.6. The zero-order valence-corrected chi connectivity index (χ0v) is 17.6. The largest absolute Gasteiger partial charge is 0.151 e. The zero-order valence-electron chi connectivity index (χ0n) is 17.6. The van der Waals surface area contributed by atoms with Crippen LogP contribution in [0.4, 0.5) is 0 Å². The SMILES string of the molecule is CCCCCCCCCCCCCCCCCCCC(CCC)N=O. The molecule has 0 fully saturated rings. The smallest absolute Gasteiger partial charge is 0.0919 e. The van der Waals surface area contributed by atoms with E-state index in [1.165, 1.54) is 109 Å². The number of unbranched alkanes of at least 4 members (excludes halogenated alkanes) is 16. The summed E-state index contributed by atoms with van der Waals surface area (Å²) in [5, 5.41) is 3.24. The first-order valence-corrected chi connectivity index (χ1v) is 11.7. The molecule has 0 aliphatic heterocycles. The minimum Gasteiger partial charge on any atom is -0.151 e. The summed E-state index contributed by atoms with van der Waals surface area (Å²) >= 11 is 0. The molecule has 0 N–H and O–H groups in total. The molecule has 0 rings (SSSR count). The normalized spacial score (nSPS) is 12.4. The van der Waals surface area contributed by atoms with E-state index in [0.29, 0.717) is 0 Å². The fourth-order valence-corrected chi connectivity index (χ4v) is 3.69. The molecule has 0 aromatic carbocycles. The molecular weight excluding hydrogens is 306 g/mol. The van der Waals surface area contributed by atoms with Gasteiger partial charge in [0.15, 0.2) is 0 Å². The van der Waals surface area contributed by atoms with Gasteiger partial charge in [-0.05, 0) is 12.8 Å². The minimum absolute atomic E-state index is 0.0846. The molecule has 2 heteroatoms. The minimum atomic E-state index is 0.0846. The van der Waals surface area contributed by atoms with Gasteiger partial charge in [0, 0.05) is 0 Å². The standard InChI is InChI=1S/C23H47NO/c1-3-5-6-7-8-9-10-11-12-13-14-15-16-17-18-19-20-22-23(24-25)21-4-2/h23H,3-22H2,1-2H3. The van der Waals surface area contributed by atoms with Gasteiger partial charge in [-0.2, -0.15) is 4.91 Å². The van der Waals surface area contributed by atoms with Crippen LogP contribution in [0.25, 0.3) is 0 Å². The first kappa shape index (κ1) is 24.6. The number of rotatable bonds is 21. The number of hydrogen-bond donors (Lipinski definition) is 0. The Labute approximate surface area is 158 Å². The van der Waals surface area contributed by atoms with E-state index in [0.717, 1.165) is 19.3 Å². The van der Waals surface area contributed by atoms with Crippen LogP contribution in [0.3, 0.4) is 0 Å². The highest BCUT2D eigenvalue weighted by Gasteiger charge is 2.06. The van der Waals surface area contributed by atoms with Crippen LogP contribution in [0.2, 0.25) is 0 Å². The Balaban J connectivity index is 3.08. The molecular formula is C23H47NO. The van der Waals surface area contributed by atoms with Crippen LogP contribution in [-0.2, 0) is 0 Å². The lowest BCUT2D eigenvalue weighted by atomic mass is 10.0. The molecule has 0 saturated carbocycles. The third-order valence-corrected chi connectivity index (χ3v) is 5.41. The van der Waals surface area contributed by atoms with Crippen molar-refractivity contribution in [2.24, 2.45) is 5.18 Å². The zero-order chi connectivity index (χ0) is 18.4. The van der Waals surface area contributed by atoms with Gasteiger partial charge in [0.05, 0.1) is 6.04 Å². The third-order valence-electron chi connectivity index (χ3n) is 5.41. The molecule has 2 nitrogen and oxygen atoms in total. The Bertz CT molecular complexity index is 254. The van der Waals surface area contributed by atoms with Crippen LogP contribution in [0.15, 0.2) is 5.18 Å². The second-order valence-electron chi connectivity index (χ2n) is 7.99. The van der Waals surface area contributed by atoms with Crippen molar-refractivity contribution >= 4 is 0 Å². The molecule has 0 spiro atoms. The number of nitroso groups, excluding NO2 is 1. The van der Waals surface area contributed by atoms with Crippen molar-refractivity contribution in [2.75, 3.05) is 0 Å². The average Bonchev–Trinajstić information content (AvgIpc) is 2.63. The van der Waals surface area contributed by atoms with Gasteiger partial charge in [0.2, 0.25) is 0 Å². The lowest BCUT2D eigenvalue weighted by Gasteiger charge is -2.07. The van der Waals surface area contributed by atoms with E-state index < -0.39 is 0 Å². The lowest BCUT2D eigenvalue weighted by molar-refractivity contribution is 0.498. The summed E-state index contributed by atoms with van der Waals surface area (Å²) in [6.45, 7) is 4.42. The van der Waals surface area contributed by atoms with E-state index in [-0.39, 0.29) is 6.04 Å². The fourth-order valence-electron chi connectivity index (χ4n) is 3.69. The maximum Gasteiger partial charge on any atom is 0.0919 e. The van der Waals surface area contributed by atoms with E-state index in [9.17, 15) is 4.91 Å².